The van der Waals surface area contributed by atoms with E-state index in [0.29, 0.717) is 28.8 Å². The average molecular weight is 499 g/mol. The predicted molar refractivity (Wildman–Crippen MR) is 125 cm³/mol. The highest BCUT2D eigenvalue weighted by Crippen LogP contribution is 2.33. The van der Waals surface area contributed by atoms with Gasteiger partial charge in [0.15, 0.2) is 11.4 Å². The first-order valence-electron chi connectivity index (χ1n) is 10.6. The van der Waals surface area contributed by atoms with Crippen LogP contribution < -0.4 is 20.9 Å². The molecule has 0 aromatic carbocycles. The van der Waals surface area contributed by atoms with E-state index in [1.165, 1.54) is 38.0 Å². The topological polar surface area (TPSA) is 127 Å². The van der Waals surface area contributed by atoms with Crippen molar-refractivity contribution >= 4 is 11.8 Å². The summed E-state index contributed by atoms with van der Waals surface area (Å²) in [6.07, 6.45) is 2.50. The van der Waals surface area contributed by atoms with Crippen molar-refractivity contribution in [2.24, 2.45) is 0 Å². The summed E-state index contributed by atoms with van der Waals surface area (Å²) in [7, 11) is 1.37. The van der Waals surface area contributed by atoms with Gasteiger partial charge < -0.3 is 15.0 Å². The van der Waals surface area contributed by atoms with E-state index < -0.39 is 23.5 Å². The molecule has 13 heteroatoms. The number of hydrogen-bond donors (Lipinski definition) is 3. The minimum atomic E-state index is -4.63. The van der Waals surface area contributed by atoms with Gasteiger partial charge in [-0.3, -0.25) is 15.1 Å². The molecular formula is C23H20F3N7O3. The number of carbonyl (C=O) groups is 1. The van der Waals surface area contributed by atoms with E-state index in [2.05, 4.69) is 30.7 Å². The van der Waals surface area contributed by atoms with Crippen molar-refractivity contribution in [3.8, 4) is 33.7 Å². The molecule has 0 aliphatic carbocycles. The lowest BCUT2D eigenvalue weighted by atomic mass is 10.0. The molecule has 0 radical (unpaired) electrons. The molecule has 186 valence electrons. The highest BCUT2D eigenvalue weighted by molar-refractivity contribution is 5.89. The van der Waals surface area contributed by atoms with Crippen LogP contribution in [-0.4, -0.2) is 44.4 Å². The highest BCUT2D eigenvalue weighted by Gasteiger charge is 2.34. The van der Waals surface area contributed by atoms with Gasteiger partial charge in [0.25, 0.3) is 5.56 Å². The molecule has 0 fully saturated rings. The third-order valence-electron chi connectivity index (χ3n) is 5.06. The summed E-state index contributed by atoms with van der Waals surface area (Å²) in [4.78, 5) is 34.8. The molecule has 10 nitrogen and oxygen atoms in total. The van der Waals surface area contributed by atoms with Crippen LogP contribution in [0, 0.1) is 0 Å². The van der Waals surface area contributed by atoms with Crippen LogP contribution in [0.15, 0.2) is 60.0 Å². The predicted octanol–water partition coefficient (Wildman–Crippen LogP) is 3.85. The number of hydrogen-bond acceptors (Lipinski definition) is 6. The summed E-state index contributed by atoms with van der Waals surface area (Å²) in [5, 5.41) is 8.76. The van der Waals surface area contributed by atoms with Crippen LogP contribution in [0.25, 0.3) is 27.9 Å². The molecule has 0 spiro atoms. The number of carbonyl (C=O) groups excluding carboxylic acids is 1. The molecule has 3 N–H and O–H groups in total. The molecule has 0 bridgehead atoms. The van der Waals surface area contributed by atoms with Crippen molar-refractivity contribution in [3.63, 3.8) is 0 Å². The zero-order chi connectivity index (χ0) is 25.9. The van der Waals surface area contributed by atoms with Crippen molar-refractivity contribution in [1.82, 2.24) is 30.0 Å². The third-order valence-corrected chi connectivity index (χ3v) is 5.06. The normalized spacial score (nSPS) is 11.2. The van der Waals surface area contributed by atoms with Crippen LogP contribution in [0.2, 0.25) is 0 Å². The van der Waals surface area contributed by atoms with E-state index in [0.717, 1.165) is 10.7 Å². The molecule has 2 amide bonds. The maximum Gasteiger partial charge on any atom is 0.435 e. The van der Waals surface area contributed by atoms with Gasteiger partial charge >= 0.3 is 12.2 Å². The van der Waals surface area contributed by atoms with Gasteiger partial charge in [0.1, 0.15) is 5.82 Å². The first kappa shape index (κ1) is 24.4. The Balaban J connectivity index is 1.82. The second-order valence-electron chi connectivity index (χ2n) is 7.46. The Morgan fingerprint density at radius 3 is 2.61 bits per heavy atom. The molecule has 0 saturated carbocycles. The number of H-pyrrole nitrogens is 1. The average Bonchev–Trinajstić information content (AvgIpc) is 3.36. The fourth-order valence-electron chi connectivity index (χ4n) is 3.38. The molecule has 0 aliphatic rings. The highest BCUT2D eigenvalue weighted by atomic mass is 19.4. The van der Waals surface area contributed by atoms with E-state index in [1.807, 2.05) is 0 Å². The second-order valence-corrected chi connectivity index (χ2v) is 7.46. The van der Waals surface area contributed by atoms with Crippen LogP contribution in [0.1, 0.15) is 12.6 Å². The Kier molecular flexibility index (Phi) is 6.72. The number of nitrogens with zero attached hydrogens (tertiary/aromatic N) is 4. The molecule has 0 unspecified atom stereocenters. The summed E-state index contributed by atoms with van der Waals surface area (Å²) in [5.41, 5.74) is 0.872. The van der Waals surface area contributed by atoms with Crippen molar-refractivity contribution in [2.75, 3.05) is 19.0 Å². The summed E-state index contributed by atoms with van der Waals surface area (Å²) in [5.74, 6) is 0.218. The molecule has 0 saturated heterocycles. The molecule has 4 aromatic rings. The van der Waals surface area contributed by atoms with Crippen LogP contribution in [0.3, 0.4) is 0 Å². The van der Waals surface area contributed by atoms with Crippen molar-refractivity contribution in [1.29, 1.82) is 0 Å². The van der Waals surface area contributed by atoms with E-state index in [-0.39, 0.29) is 17.3 Å². The number of amides is 2. The summed E-state index contributed by atoms with van der Waals surface area (Å²) in [6, 6.07) is 5.01. The summed E-state index contributed by atoms with van der Waals surface area (Å²) < 4.78 is 45.8. The number of aromatic nitrogens is 5. The van der Waals surface area contributed by atoms with Gasteiger partial charge in [-0.15, -0.1) is 0 Å². The SMILES string of the molecule is CCNC(=O)Nc1cc(-n2ccc(C(F)(F)F)n2)c(-c2cncc(-c3c[nH]c(=O)c(OC)c3)c2)cn1. The van der Waals surface area contributed by atoms with Gasteiger partial charge in [-0.2, -0.15) is 18.3 Å². The van der Waals surface area contributed by atoms with Crippen molar-refractivity contribution < 1.29 is 22.7 Å². The van der Waals surface area contributed by atoms with E-state index in [4.69, 9.17) is 4.74 Å². The smallest absolute Gasteiger partial charge is 0.435 e. The molecule has 4 heterocycles. The number of ether oxygens (including phenoxy) is 1. The largest absolute Gasteiger partial charge is 0.491 e. The zero-order valence-electron chi connectivity index (χ0n) is 19.1. The Bertz CT molecular complexity index is 1460. The van der Waals surface area contributed by atoms with Crippen LogP contribution >= 0.6 is 0 Å². The quantitative estimate of drug-likeness (QED) is 0.370. The maximum absolute atomic E-state index is 13.2. The number of urea groups is 1. The molecule has 36 heavy (non-hydrogen) atoms. The van der Waals surface area contributed by atoms with Gasteiger partial charge in [-0.1, -0.05) is 0 Å². The lowest BCUT2D eigenvalue weighted by Crippen LogP contribution is -2.28. The van der Waals surface area contributed by atoms with E-state index in [9.17, 15) is 22.8 Å². The fraction of sp³-hybridized carbons (Fsp3) is 0.174. The number of nitrogens with one attached hydrogen (secondary N) is 3. The first-order chi connectivity index (χ1) is 17.2. The lowest BCUT2D eigenvalue weighted by molar-refractivity contribution is -0.141. The number of anilines is 1. The number of pyridine rings is 3. The van der Waals surface area contributed by atoms with Gasteiger partial charge in [-0.05, 0) is 25.1 Å². The van der Waals surface area contributed by atoms with Crippen molar-refractivity contribution in [2.45, 2.75) is 13.1 Å². The van der Waals surface area contributed by atoms with Gasteiger partial charge in [0.05, 0.1) is 12.8 Å². The van der Waals surface area contributed by atoms with Crippen molar-refractivity contribution in [3.05, 3.63) is 71.3 Å². The summed E-state index contributed by atoms with van der Waals surface area (Å²) in [6.45, 7) is 2.11. The monoisotopic (exact) mass is 499 g/mol. The Morgan fingerprint density at radius 2 is 1.92 bits per heavy atom. The number of rotatable bonds is 6. The maximum atomic E-state index is 13.2. The number of aromatic amines is 1. The number of methoxy groups -OCH3 is 1. The molecule has 4 aromatic heterocycles. The van der Waals surface area contributed by atoms with Crippen LogP contribution in [-0.2, 0) is 6.18 Å². The zero-order valence-corrected chi connectivity index (χ0v) is 19.1. The number of alkyl halides is 3. The van der Waals surface area contributed by atoms with E-state index in [1.54, 1.807) is 25.3 Å². The van der Waals surface area contributed by atoms with Gasteiger partial charge in [0.2, 0.25) is 0 Å². The standard InChI is InChI=1S/C23H20F3N7O3/c1-3-28-22(35)31-20-8-17(33-5-4-19(32-33)23(24,25)26)16(12-29-20)15-6-13(9-27-10-15)14-7-18(36-2)21(34)30-11-14/h4-12H,3H2,1-2H3,(H,30,34)(H2,28,29,31,35). The third kappa shape index (κ3) is 5.19. The van der Waals surface area contributed by atoms with Crippen LogP contribution in [0.4, 0.5) is 23.8 Å². The van der Waals surface area contributed by atoms with Gasteiger partial charge in [0, 0.05) is 65.8 Å². The second kappa shape index (κ2) is 9.90. The van der Waals surface area contributed by atoms with E-state index >= 15 is 0 Å². The molecular weight excluding hydrogens is 479 g/mol. The fourth-order valence-corrected chi connectivity index (χ4v) is 3.38. The minimum absolute atomic E-state index is 0.109. The van der Waals surface area contributed by atoms with Gasteiger partial charge in [-0.25, -0.2) is 14.5 Å². The Morgan fingerprint density at radius 1 is 1.14 bits per heavy atom. The minimum Gasteiger partial charge on any atom is -0.491 e. The Labute approximate surface area is 202 Å². The van der Waals surface area contributed by atoms with Crippen LogP contribution in [0.5, 0.6) is 5.75 Å². The molecule has 0 atom stereocenters. The summed E-state index contributed by atoms with van der Waals surface area (Å²) >= 11 is 0. The Hall–Kier alpha value is -4.68. The molecule has 0 aliphatic heterocycles. The lowest BCUT2D eigenvalue weighted by Gasteiger charge is -2.13. The first-order valence-corrected chi connectivity index (χ1v) is 10.6. The molecule has 4 rings (SSSR count). The number of halogens is 3.